The summed E-state index contributed by atoms with van der Waals surface area (Å²) in [4.78, 5) is 21.8. The lowest BCUT2D eigenvalue weighted by Gasteiger charge is -2.16. The number of amides is 1. The topological polar surface area (TPSA) is 77.2 Å². The summed E-state index contributed by atoms with van der Waals surface area (Å²) >= 11 is 0. The second-order valence-corrected chi connectivity index (χ2v) is 3.94. The van der Waals surface area contributed by atoms with Gasteiger partial charge in [0.1, 0.15) is 5.69 Å². The average molecular weight is 231 g/mol. The summed E-state index contributed by atoms with van der Waals surface area (Å²) in [6, 6.07) is 6.34. The van der Waals surface area contributed by atoms with E-state index in [9.17, 15) is 14.9 Å². The fraction of sp³-hybridized carbons (Fsp3) is 0.182. The SMILES string of the molecule is O=C1NCCn2c1cc1cc([N+](=O)[O-])ccc12. The number of nitrogens with one attached hydrogen (secondary N) is 1. The van der Waals surface area contributed by atoms with Crippen molar-refractivity contribution in [2.24, 2.45) is 0 Å². The Hall–Kier alpha value is -2.37. The van der Waals surface area contributed by atoms with E-state index >= 15 is 0 Å². The standard InChI is InChI=1S/C11H9N3O3/c15-11-10-6-7-5-8(14(16)17)1-2-9(7)13(10)4-3-12-11/h1-2,5-6H,3-4H2,(H,12,15). The number of rotatable bonds is 1. The normalized spacial score (nSPS) is 14.5. The van der Waals surface area contributed by atoms with Gasteiger partial charge in [-0.05, 0) is 12.1 Å². The van der Waals surface area contributed by atoms with Crippen molar-refractivity contribution in [1.82, 2.24) is 9.88 Å². The van der Waals surface area contributed by atoms with Gasteiger partial charge >= 0.3 is 0 Å². The number of carbonyl (C=O) groups excluding carboxylic acids is 1. The molecule has 6 nitrogen and oxygen atoms in total. The summed E-state index contributed by atoms with van der Waals surface area (Å²) in [6.07, 6.45) is 0. The predicted molar refractivity (Wildman–Crippen MR) is 60.9 cm³/mol. The van der Waals surface area contributed by atoms with E-state index in [2.05, 4.69) is 5.32 Å². The van der Waals surface area contributed by atoms with Crippen LogP contribution in [0.25, 0.3) is 10.9 Å². The van der Waals surface area contributed by atoms with Gasteiger partial charge in [0.15, 0.2) is 0 Å². The van der Waals surface area contributed by atoms with Crippen LogP contribution >= 0.6 is 0 Å². The summed E-state index contributed by atoms with van der Waals surface area (Å²) in [5, 5.41) is 14.1. The molecule has 0 bridgehead atoms. The molecule has 1 aliphatic rings. The molecule has 86 valence electrons. The van der Waals surface area contributed by atoms with Crippen LogP contribution in [-0.4, -0.2) is 21.9 Å². The molecule has 17 heavy (non-hydrogen) atoms. The van der Waals surface area contributed by atoms with Crippen molar-refractivity contribution in [3.8, 4) is 0 Å². The zero-order valence-electron chi connectivity index (χ0n) is 8.84. The highest BCUT2D eigenvalue weighted by atomic mass is 16.6. The highest BCUT2D eigenvalue weighted by Crippen LogP contribution is 2.25. The first kappa shape index (κ1) is 9.83. The molecule has 1 aromatic carbocycles. The number of carbonyl (C=O) groups is 1. The molecular formula is C11H9N3O3. The highest BCUT2D eigenvalue weighted by molar-refractivity contribution is 5.99. The third kappa shape index (κ3) is 1.37. The molecule has 6 heteroatoms. The monoisotopic (exact) mass is 231 g/mol. The van der Waals surface area contributed by atoms with E-state index in [1.807, 2.05) is 4.57 Å². The lowest BCUT2D eigenvalue weighted by atomic mass is 10.2. The number of hydrogen-bond donors (Lipinski definition) is 1. The maximum absolute atomic E-state index is 11.6. The van der Waals surface area contributed by atoms with Crippen molar-refractivity contribution < 1.29 is 9.72 Å². The number of nitro groups is 1. The predicted octanol–water partition coefficient (Wildman–Crippen LogP) is 1.29. The summed E-state index contributed by atoms with van der Waals surface area (Å²) in [5.74, 6) is -0.130. The second kappa shape index (κ2) is 3.31. The van der Waals surface area contributed by atoms with Crippen LogP contribution in [0.1, 0.15) is 10.5 Å². The Morgan fingerprint density at radius 2 is 2.18 bits per heavy atom. The van der Waals surface area contributed by atoms with Crippen LogP contribution < -0.4 is 5.32 Å². The molecule has 1 aromatic heterocycles. The molecule has 0 aliphatic carbocycles. The van der Waals surface area contributed by atoms with Crippen LogP contribution in [0.15, 0.2) is 24.3 Å². The van der Waals surface area contributed by atoms with E-state index in [-0.39, 0.29) is 11.6 Å². The average Bonchev–Trinajstić information content (AvgIpc) is 2.68. The van der Waals surface area contributed by atoms with Crippen molar-refractivity contribution in [3.05, 3.63) is 40.1 Å². The maximum atomic E-state index is 11.6. The third-order valence-electron chi connectivity index (χ3n) is 2.95. The quantitative estimate of drug-likeness (QED) is 0.593. The molecule has 0 atom stereocenters. The van der Waals surface area contributed by atoms with E-state index in [0.717, 1.165) is 10.9 Å². The maximum Gasteiger partial charge on any atom is 0.270 e. The Labute approximate surface area is 96.0 Å². The van der Waals surface area contributed by atoms with Gasteiger partial charge in [-0.15, -0.1) is 0 Å². The summed E-state index contributed by atoms with van der Waals surface area (Å²) < 4.78 is 1.89. The molecule has 0 saturated heterocycles. The van der Waals surface area contributed by atoms with Gasteiger partial charge < -0.3 is 9.88 Å². The minimum absolute atomic E-state index is 0.0425. The minimum atomic E-state index is -0.434. The number of fused-ring (bicyclic) bond motifs is 3. The Morgan fingerprint density at radius 1 is 1.35 bits per heavy atom. The molecule has 1 N–H and O–H groups in total. The van der Waals surface area contributed by atoms with E-state index in [0.29, 0.717) is 18.8 Å². The Balaban J connectivity index is 2.26. The van der Waals surface area contributed by atoms with Gasteiger partial charge in [0.05, 0.1) is 4.92 Å². The summed E-state index contributed by atoms with van der Waals surface area (Å²) in [7, 11) is 0. The lowest BCUT2D eigenvalue weighted by molar-refractivity contribution is -0.384. The molecule has 0 saturated carbocycles. The van der Waals surface area contributed by atoms with Crippen LogP contribution in [0.3, 0.4) is 0 Å². The first-order chi connectivity index (χ1) is 8.16. The van der Waals surface area contributed by atoms with Gasteiger partial charge in [-0.3, -0.25) is 14.9 Å². The van der Waals surface area contributed by atoms with Crippen LogP contribution in [0.4, 0.5) is 5.69 Å². The molecule has 0 fully saturated rings. The summed E-state index contributed by atoms with van der Waals surface area (Å²) in [6.45, 7) is 1.29. The van der Waals surface area contributed by atoms with Crippen molar-refractivity contribution in [2.75, 3.05) is 6.54 Å². The number of hydrogen-bond acceptors (Lipinski definition) is 3. The molecule has 0 spiro atoms. The van der Waals surface area contributed by atoms with Crippen LogP contribution in [0.5, 0.6) is 0 Å². The molecule has 1 amide bonds. The zero-order valence-corrected chi connectivity index (χ0v) is 8.84. The molecule has 0 unspecified atom stereocenters. The molecule has 2 aromatic rings. The van der Waals surface area contributed by atoms with Gasteiger partial charge in [0.25, 0.3) is 11.6 Å². The number of aromatic nitrogens is 1. The van der Waals surface area contributed by atoms with Gasteiger partial charge in [0, 0.05) is 36.1 Å². The van der Waals surface area contributed by atoms with Crippen LogP contribution in [-0.2, 0) is 6.54 Å². The van der Waals surface area contributed by atoms with Crippen molar-refractivity contribution in [3.63, 3.8) is 0 Å². The largest absolute Gasteiger partial charge is 0.349 e. The first-order valence-electron chi connectivity index (χ1n) is 5.23. The Morgan fingerprint density at radius 3 is 2.94 bits per heavy atom. The van der Waals surface area contributed by atoms with E-state index < -0.39 is 4.92 Å². The number of non-ortho nitro benzene ring substituents is 1. The van der Waals surface area contributed by atoms with Gasteiger partial charge in [-0.1, -0.05) is 0 Å². The van der Waals surface area contributed by atoms with Gasteiger partial charge in [-0.25, -0.2) is 0 Å². The Bertz CT molecular complexity index is 645. The van der Waals surface area contributed by atoms with E-state index in [1.54, 1.807) is 12.1 Å². The third-order valence-corrected chi connectivity index (χ3v) is 2.95. The van der Waals surface area contributed by atoms with Crippen LogP contribution in [0, 0.1) is 10.1 Å². The smallest absolute Gasteiger partial charge is 0.270 e. The number of nitro benzene ring substituents is 1. The molecule has 1 aliphatic heterocycles. The van der Waals surface area contributed by atoms with Gasteiger partial charge in [0.2, 0.25) is 0 Å². The molecular weight excluding hydrogens is 222 g/mol. The lowest BCUT2D eigenvalue weighted by Crippen LogP contribution is -2.34. The fourth-order valence-corrected chi connectivity index (χ4v) is 2.17. The molecule has 3 rings (SSSR count). The second-order valence-electron chi connectivity index (χ2n) is 3.94. The van der Waals surface area contributed by atoms with E-state index in [1.165, 1.54) is 12.1 Å². The molecule has 2 heterocycles. The zero-order chi connectivity index (χ0) is 12.0. The van der Waals surface area contributed by atoms with Crippen molar-refractivity contribution >= 4 is 22.5 Å². The number of benzene rings is 1. The minimum Gasteiger partial charge on any atom is -0.349 e. The van der Waals surface area contributed by atoms with Crippen molar-refractivity contribution in [2.45, 2.75) is 6.54 Å². The highest BCUT2D eigenvalue weighted by Gasteiger charge is 2.20. The van der Waals surface area contributed by atoms with Crippen molar-refractivity contribution in [1.29, 1.82) is 0 Å². The summed E-state index contributed by atoms with van der Waals surface area (Å²) in [5.41, 5.74) is 1.47. The number of nitrogens with zero attached hydrogens (tertiary/aromatic N) is 2. The van der Waals surface area contributed by atoms with E-state index in [4.69, 9.17) is 0 Å². The fourth-order valence-electron chi connectivity index (χ4n) is 2.17. The van der Waals surface area contributed by atoms with Gasteiger partial charge in [-0.2, -0.15) is 0 Å². The van der Waals surface area contributed by atoms with Crippen LogP contribution in [0.2, 0.25) is 0 Å². The molecule has 0 radical (unpaired) electrons. The Kier molecular flexibility index (Phi) is 1.91. The first-order valence-corrected chi connectivity index (χ1v) is 5.23.